The SMILES string of the molecule is C1=Cc2c(cc3c(c2-c2nc4c(ccc5oc6ccccc6c54)o2)c2ccccc2n3-c2ccccc2)CC1. The van der Waals surface area contributed by atoms with Gasteiger partial charge in [-0.3, -0.25) is 0 Å². The molecule has 1 aliphatic rings. The van der Waals surface area contributed by atoms with E-state index in [1.54, 1.807) is 0 Å². The number of allylic oxidation sites excluding steroid dienone is 1. The Morgan fingerprint density at radius 3 is 2.38 bits per heavy atom. The molecule has 3 aromatic heterocycles. The molecule has 4 nitrogen and oxygen atoms in total. The van der Waals surface area contributed by atoms with Crippen LogP contribution in [0.4, 0.5) is 0 Å². The summed E-state index contributed by atoms with van der Waals surface area (Å²) in [4.78, 5) is 5.21. The van der Waals surface area contributed by atoms with Crippen molar-refractivity contribution in [1.29, 1.82) is 0 Å². The van der Waals surface area contributed by atoms with Crippen molar-refractivity contribution in [2.75, 3.05) is 0 Å². The topological polar surface area (TPSA) is 44.1 Å². The third-order valence-corrected chi connectivity index (χ3v) is 8.08. The van der Waals surface area contributed by atoms with E-state index >= 15 is 0 Å². The van der Waals surface area contributed by atoms with Gasteiger partial charge in [0, 0.05) is 21.8 Å². The largest absolute Gasteiger partial charge is 0.456 e. The quantitative estimate of drug-likeness (QED) is 0.236. The van der Waals surface area contributed by atoms with Gasteiger partial charge in [-0.2, -0.15) is 0 Å². The Kier molecular flexibility index (Phi) is 4.14. The molecule has 39 heavy (non-hydrogen) atoms. The lowest BCUT2D eigenvalue weighted by molar-refractivity contribution is 0.620. The van der Waals surface area contributed by atoms with E-state index in [-0.39, 0.29) is 0 Å². The molecule has 3 heterocycles. The lowest BCUT2D eigenvalue weighted by atomic mass is 9.90. The Morgan fingerprint density at radius 1 is 0.667 bits per heavy atom. The van der Waals surface area contributed by atoms with Gasteiger partial charge in [0.1, 0.15) is 16.7 Å². The minimum Gasteiger partial charge on any atom is -0.456 e. The van der Waals surface area contributed by atoms with Gasteiger partial charge < -0.3 is 13.4 Å². The molecule has 0 N–H and O–H groups in total. The van der Waals surface area contributed by atoms with Crippen LogP contribution in [-0.4, -0.2) is 9.55 Å². The molecule has 0 amide bonds. The molecule has 0 fully saturated rings. The number of fused-ring (bicyclic) bond motifs is 9. The summed E-state index contributed by atoms with van der Waals surface area (Å²) >= 11 is 0. The zero-order valence-electron chi connectivity index (χ0n) is 21.0. The molecular formula is C35H22N2O2. The van der Waals surface area contributed by atoms with Crippen molar-refractivity contribution in [3.63, 3.8) is 0 Å². The predicted octanol–water partition coefficient (Wildman–Crippen LogP) is 9.45. The van der Waals surface area contributed by atoms with Crippen molar-refractivity contribution < 1.29 is 8.83 Å². The minimum atomic E-state index is 0.646. The Morgan fingerprint density at radius 2 is 1.46 bits per heavy atom. The van der Waals surface area contributed by atoms with E-state index in [2.05, 4.69) is 83.4 Å². The van der Waals surface area contributed by atoms with Crippen LogP contribution in [0.3, 0.4) is 0 Å². The summed E-state index contributed by atoms with van der Waals surface area (Å²) < 4.78 is 15.1. The van der Waals surface area contributed by atoms with Gasteiger partial charge in [0.2, 0.25) is 5.89 Å². The molecule has 9 rings (SSSR count). The number of aromatic nitrogens is 2. The van der Waals surface area contributed by atoms with Gasteiger partial charge in [-0.15, -0.1) is 0 Å². The molecule has 1 aliphatic carbocycles. The van der Waals surface area contributed by atoms with Crippen molar-refractivity contribution >= 4 is 60.9 Å². The van der Waals surface area contributed by atoms with Gasteiger partial charge in [-0.05, 0) is 66.4 Å². The summed E-state index contributed by atoms with van der Waals surface area (Å²) in [5, 5.41) is 4.41. The Labute approximate surface area is 223 Å². The smallest absolute Gasteiger partial charge is 0.228 e. The fourth-order valence-electron chi connectivity index (χ4n) is 6.42. The van der Waals surface area contributed by atoms with Gasteiger partial charge in [-0.1, -0.05) is 66.7 Å². The number of oxazole rings is 1. The minimum absolute atomic E-state index is 0.646. The number of benzene rings is 5. The monoisotopic (exact) mass is 502 g/mol. The predicted molar refractivity (Wildman–Crippen MR) is 158 cm³/mol. The maximum absolute atomic E-state index is 6.62. The summed E-state index contributed by atoms with van der Waals surface area (Å²) in [6.45, 7) is 0. The number of hydrogen-bond donors (Lipinski definition) is 0. The highest BCUT2D eigenvalue weighted by Crippen LogP contribution is 2.45. The number of hydrogen-bond acceptors (Lipinski definition) is 3. The van der Waals surface area contributed by atoms with Gasteiger partial charge in [0.15, 0.2) is 5.58 Å². The zero-order valence-corrected chi connectivity index (χ0v) is 21.0. The van der Waals surface area contributed by atoms with Crippen molar-refractivity contribution in [2.45, 2.75) is 12.8 Å². The Hall–Kier alpha value is -5.09. The fourth-order valence-corrected chi connectivity index (χ4v) is 6.42. The van der Waals surface area contributed by atoms with Crippen LogP contribution >= 0.6 is 0 Å². The molecule has 0 saturated heterocycles. The molecule has 4 heteroatoms. The fraction of sp³-hybridized carbons (Fsp3) is 0.0571. The standard InChI is InChI=1S/C35H22N2O2/c1-2-11-22(12-3-1)37-26-16-8-6-14-24(26)31-27(37)20-21-10-4-5-13-23(21)33(31)35-36-34-30(39-35)19-18-29-32(34)25-15-7-9-17-28(25)38-29/h1-3,5-9,11-20H,4,10H2. The summed E-state index contributed by atoms with van der Waals surface area (Å²) in [7, 11) is 0. The molecule has 0 saturated carbocycles. The molecule has 0 radical (unpaired) electrons. The first-order valence-corrected chi connectivity index (χ1v) is 13.4. The van der Waals surface area contributed by atoms with Gasteiger partial charge in [0.05, 0.1) is 22.0 Å². The zero-order chi connectivity index (χ0) is 25.5. The first-order chi connectivity index (χ1) is 19.3. The number of para-hydroxylation sites is 3. The maximum atomic E-state index is 6.62. The van der Waals surface area contributed by atoms with Crippen LogP contribution in [0, 0.1) is 0 Å². The first kappa shape index (κ1) is 20.9. The van der Waals surface area contributed by atoms with Gasteiger partial charge in [-0.25, -0.2) is 4.98 Å². The van der Waals surface area contributed by atoms with Crippen LogP contribution in [0.1, 0.15) is 17.5 Å². The Balaban J connectivity index is 1.45. The summed E-state index contributed by atoms with van der Waals surface area (Å²) in [5.41, 5.74) is 10.4. The van der Waals surface area contributed by atoms with Crippen molar-refractivity contribution in [2.24, 2.45) is 0 Å². The molecule has 184 valence electrons. The Bertz CT molecular complexity index is 2280. The molecule has 0 atom stereocenters. The van der Waals surface area contributed by atoms with Gasteiger partial charge >= 0.3 is 0 Å². The van der Waals surface area contributed by atoms with E-state index in [1.807, 2.05) is 30.3 Å². The van der Waals surface area contributed by atoms with Crippen LogP contribution in [0.15, 0.2) is 112 Å². The molecular weight excluding hydrogens is 480 g/mol. The molecule has 0 aliphatic heterocycles. The molecule has 5 aromatic carbocycles. The summed E-state index contributed by atoms with van der Waals surface area (Å²) in [6.07, 6.45) is 6.53. The highest BCUT2D eigenvalue weighted by molar-refractivity contribution is 6.19. The molecule has 0 bridgehead atoms. The highest BCUT2D eigenvalue weighted by Gasteiger charge is 2.25. The van der Waals surface area contributed by atoms with Crippen LogP contribution in [0.5, 0.6) is 0 Å². The van der Waals surface area contributed by atoms with Crippen molar-refractivity contribution in [3.8, 4) is 17.1 Å². The summed E-state index contributed by atoms with van der Waals surface area (Å²) in [5.74, 6) is 0.646. The van der Waals surface area contributed by atoms with E-state index < -0.39 is 0 Å². The number of aryl methyl sites for hydroxylation is 1. The third-order valence-electron chi connectivity index (χ3n) is 8.08. The van der Waals surface area contributed by atoms with E-state index in [1.165, 1.54) is 32.9 Å². The maximum Gasteiger partial charge on any atom is 0.228 e. The molecule has 0 unspecified atom stereocenters. The summed E-state index contributed by atoms with van der Waals surface area (Å²) in [6, 6.07) is 33.7. The number of furan rings is 1. The second kappa shape index (κ2) is 7.71. The molecule has 0 spiro atoms. The number of rotatable bonds is 2. The van der Waals surface area contributed by atoms with Gasteiger partial charge in [0.25, 0.3) is 0 Å². The highest BCUT2D eigenvalue weighted by atomic mass is 16.4. The van der Waals surface area contributed by atoms with Crippen LogP contribution in [0.2, 0.25) is 0 Å². The van der Waals surface area contributed by atoms with E-state index in [9.17, 15) is 0 Å². The van der Waals surface area contributed by atoms with E-state index in [4.69, 9.17) is 13.8 Å². The van der Waals surface area contributed by atoms with Crippen molar-refractivity contribution in [1.82, 2.24) is 9.55 Å². The first-order valence-electron chi connectivity index (χ1n) is 13.4. The number of nitrogens with zero attached hydrogens (tertiary/aromatic N) is 2. The van der Waals surface area contributed by atoms with Crippen LogP contribution < -0.4 is 0 Å². The molecule has 8 aromatic rings. The second-order valence-electron chi connectivity index (χ2n) is 10.3. The van der Waals surface area contributed by atoms with E-state index in [0.717, 1.165) is 57.1 Å². The van der Waals surface area contributed by atoms with E-state index in [0.29, 0.717) is 5.89 Å². The van der Waals surface area contributed by atoms with Crippen LogP contribution in [-0.2, 0) is 6.42 Å². The second-order valence-corrected chi connectivity index (χ2v) is 10.3. The lowest BCUT2D eigenvalue weighted by Crippen LogP contribution is -2.00. The third kappa shape index (κ3) is 2.86. The average Bonchev–Trinajstić information content (AvgIpc) is 3.67. The normalized spacial score (nSPS) is 13.3. The van der Waals surface area contributed by atoms with Crippen LogP contribution in [0.25, 0.3) is 78.1 Å². The average molecular weight is 503 g/mol. The van der Waals surface area contributed by atoms with Crippen molar-refractivity contribution in [3.05, 3.63) is 114 Å². The lowest BCUT2D eigenvalue weighted by Gasteiger charge is -2.16.